The molecule has 2 rings (SSSR count). The van der Waals surface area contributed by atoms with Crippen LogP contribution in [0.5, 0.6) is 5.75 Å². The van der Waals surface area contributed by atoms with Crippen LogP contribution in [0.15, 0.2) is 39.5 Å². The van der Waals surface area contributed by atoms with Crippen LogP contribution < -0.4 is 5.32 Å². The highest BCUT2D eigenvalue weighted by Crippen LogP contribution is 2.21. The van der Waals surface area contributed by atoms with Crippen LogP contribution in [0, 0.1) is 0 Å². The van der Waals surface area contributed by atoms with E-state index in [0.717, 1.165) is 15.7 Å². The lowest BCUT2D eigenvalue weighted by atomic mass is 10.2. The number of benzene rings is 1. The highest BCUT2D eigenvalue weighted by molar-refractivity contribution is 9.10. The van der Waals surface area contributed by atoms with E-state index in [9.17, 15) is 5.11 Å². The molecule has 0 amide bonds. The first-order valence-corrected chi connectivity index (χ1v) is 5.62. The molecule has 1 aromatic carbocycles. The van der Waals surface area contributed by atoms with Gasteiger partial charge in [-0.05, 0) is 23.8 Å². The van der Waals surface area contributed by atoms with Crippen LogP contribution in [0.3, 0.4) is 0 Å². The molecule has 0 saturated carbocycles. The molecular weight excluding hydrogens is 272 g/mol. The van der Waals surface area contributed by atoms with E-state index in [-0.39, 0.29) is 5.75 Å². The van der Waals surface area contributed by atoms with E-state index in [1.54, 1.807) is 18.4 Å². The fourth-order valence-electron chi connectivity index (χ4n) is 1.35. The Bertz CT molecular complexity index is 457. The lowest BCUT2D eigenvalue weighted by Crippen LogP contribution is -2.13. The number of hydrogen-bond acceptors (Lipinski definition) is 4. The minimum atomic E-state index is 0.265. The van der Waals surface area contributed by atoms with Crippen LogP contribution >= 0.6 is 15.9 Å². The van der Waals surface area contributed by atoms with Gasteiger partial charge in [0.05, 0.1) is 5.69 Å². The summed E-state index contributed by atoms with van der Waals surface area (Å²) in [5.74, 6) is 0.265. The van der Waals surface area contributed by atoms with Crippen molar-refractivity contribution in [2.75, 3.05) is 0 Å². The van der Waals surface area contributed by atoms with Crippen molar-refractivity contribution in [1.29, 1.82) is 0 Å². The van der Waals surface area contributed by atoms with E-state index in [4.69, 9.17) is 4.52 Å². The van der Waals surface area contributed by atoms with Gasteiger partial charge in [-0.25, -0.2) is 0 Å². The van der Waals surface area contributed by atoms with Crippen LogP contribution in [0.4, 0.5) is 0 Å². The van der Waals surface area contributed by atoms with Crippen molar-refractivity contribution in [3.05, 3.63) is 46.3 Å². The Morgan fingerprint density at radius 3 is 2.94 bits per heavy atom. The zero-order chi connectivity index (χ0) is 11.4. The van der Waals surface area contributed by atoms with E-state index in [1.807, 2.05) is 12.1 Å². The van der Waals surface area contributed by atoms with Gasteiger partial charge in [-0.2, -0.15) is 0 Å². The fraction of sp³-hybridized carbons (Fsp3) is 0.182. The molecule has 84 valence electrons. The van der Waals surface area contributed by atoms with E-state index >= 15 is 0 Å². The molecule has 0 aliphatic carbocycles. The third-order valence-electron chi connectivity index (χ3n) is 2.14. The molecule has 0 fully saturated rings. The summed E-state index contributed by atoms with van der Waals surface area (Å²) < 4.78 is 5.69. The van der Waals surface area contributed by atoms with Gasteiger partial charge in [-0.15, -0.1) is 0 Å². The highest BCUT2D eigenvalue weighted by Gasteiger charge is 2.01. The molecule has 1 heterocycles. The average molecular weight is 283 g/mol. The maximum Gasteiger partial charge on any atom is 0.124 e. The number of aromatic nitrogens is 1. The predicted octanol–water partition coefficient (Wildman–Crippen LogP) is 2.43. The second-order valence-corrected chi connectivity index (χ2v) is 4.22. The number of phenols is 1. The second kappa shape index (κ2) is 5.14. The van der Waals surface area contributed by atoms with Crippen molar-refractivity contribution in [1.82, 2.24) is 10.5 Å². The molecular formula is C11H11BrN2O2. The summed E-state index contributed by atoms with van der Waals surface area (Å²) in [6, 6.07) is 7.00. The predicted molar refractivity (Wildman–Crippen MR) is 62.9 cm³/mol. The molecule has 1 aromatic heterocycles. The summed E-state index contributed by atoms with van der Waals surface area (Å²) >= 11 is 3.42. The van der Waals surface area contributed by atoms with E-state index < -0.39 is 0 Å². The van der Waals surface area contributed by atoms with Crippen molar-refractivity contribution in [3.63, 3.8) is 0 Å². The molecule has 0 unspecified atom stereocenters. The topological polar surface area (TPSA) is 58.3 Å². The number of halogens is 1. The maximum absolute atomic E-state index is 9.34. The number of hydrogen-bond donors (Lipinski definition) is 2. The largest absolute Gasteiger partial charge is 0.508 e. The highest BCUT2D eigenvalue weighted by atomic mass is 79.9. The van der Waals surface area contributed by atoms with Crippen molar-refractivity contribution in [2.24, 2.45) is 0 Å². The summed E-state index contributed by atoms with van der Waals surface area (Å²) in [6.45, 7) is 1.29. The number of phenolic OH excluding ortho intramolecular Hbond substituents is 1. The van der Waals surface area contributed by atoms with Crippen molar-refractivity contribution in [3.8, 4) is 5.75 Å². The summed E-state index contributed by atoms with van der Waals surface area (Å²) in [5.41, 5.74) is 1.86. The Balaban J connectivity index is 1.92. The fourth-order valence-corrected chi connectivity index (χ4v) is 1.74. The Labute approximate surface area is 101 Å². The number of nitrogens with one attached hydrogen (secondary N) is 1. The number of nitrogens with zero attached hydrogens (tertiary/aromatic N) is 1. The molecule has 0 saturated heterocycles. The van der Waals surface area contributed by atoms with Crippen molar-refractivity contribution < 1.29 is 9.63 Å². The zero-order valence-electron chi connectivity index (χ0n) is 8.48. The second-order valence-electron chi connectivity index (χ2n) is 3.37. The minimum absolute atomic E-state index is 0.265. The molecule has 16 heavy (non-hydrogen) atoms. The van der Waals surface area contributed by atoms with Gasteiger partial charge in [0.1, 0.15) is 12.0 Å². The maximum atomic E-state index is 9.34. The van der Waals surface area contributed by atoms with Crippen LogP contribution in [0.1, 0.15) is 11.3 Å². The van der Waals surface area contributed by atoms with Gasteiger partial charge in [0.2, 0.25) is 0 Å². The van der Waals surface area contributed by atoms with E-state index in [0.29, 0.717) is 13.1 Å². The van der Waals surface area contributed by atoms with Gasteiger partial charge in [-0.1, -0.05) is 21.1 Å². The van der Waals surface area contributed by atoms with Gasteiger partial charge in [-0.3, -0.25) is 0 Å². The molecule has 0 atom stereocenters. The van der Waals surface area contributed by atoms with Gasteiger partial charge in [0.15, 0.2) is 0 Å². The van der Waals surface area contributed by atoms with Crippen molar-refractivity contribution in [2.45, 2.75) is 13.1 Å². The molecule has 5 heteroatoms. The summed E-state index contributed by atoms with van der Waals surface area (Å²) in [4.78, 5) is 0. The first-order valence-electron chi connectivity index (χ1n) is 4.83. The molecule has 0 spiro atoms. The molecule has 0 aliphatic rings. The Morgan fingerprint density at radius 2 is 2.19 bits per heavy atom. The Morgan fingerprint density at radius 1 is 1.31 bits per heavy atom. The zero-order valence-corrected chi connectivity index (χ0v) is 10.1. The average Bonchev–Trinajstić information content (AvgIpc) is 2.76. The molecule has 2 N–H and O–H groups in total. The summed E-state index contributed by atoms with van der Waals surface area (Å²) in [5, 5.41) is 16.3. The van der Waals surface area contributed by atoms with Crippen LogP contribution in [0.25, 0.3) is 0 Å². The lowest BCUT2D eigenvalue weighted by Gasteiger charge is -2.05. The SMILES string of the molecule is Oc1ccc(Br)c(CNCc2ccon2)c1. The van der Waals surface area contributed by atoms with Crippen LogP contribution in [-0.4, -0.2) is 10.3 Å². The minimum Gasteiger partial charge on any atom is -0.508 e. The van der Waals surface area contributed by atoms with Gasteiger partial charge >= 0.3 is 0 Å². The molecule has 0 bridgehead atoms. The summed E-state index contributed by atoms with van der Waals surface area (Å²) in [6.07, 6.45) is 1.54. The molecule has 2 aromatic rings. The number of aromatic hydroxyl groups is 1. The van der Waals surface area contributed by atoms with E-state index in [1.165, 1.54) is 0 Å². The standard InChI is InChI=1S/C11H11BrN2O2/c12-11-2-1-10(15)5-8(11)6-13-7-9-3-4-16-14-9/h1-5,13,15H,6-7H2. The van der Waals surface area contributed by atoms with Gasteiger partial charge in [0.25, 0.3) is 0 Å². The Kier molecular flexibility index (Phi) is 3.58. The lowest BCUT2D eigenvalue weighted by molar-refractivity contribution is 0.408. The molecule has 4 nitrogen and oxygen atoms in total. The smallest absolute Gasteiger partial charge is 0.124 e. The van der Waals surface area contributed by atoms with Crippen molar-refractivity contribution >= 4 is 15.9 Å². The Hall–Kier alpha value is -1.33. The summed E-state index contributed by atoms with van der Waals surface area (Å²) in [7, 11) is 0. The third kappa shape index (κ3) is 2.84. The normalized spacial score (nSPS) is 10.6. The first-order chi connectivity index (χ1) is 7.75. The van der Waals surface area contributed by atoms with Crippen LogP contribution in [0.2, 0.25) is 0 Å². The first kappa shape index (κ1) is 11.2. The van der Waals surface area contributed by atoms with Crippen LogP contribution in [-0.2, 0) is 13.1 Å². The molecule has 0 radical (unpaired) electrons. The third-order valence-corrected chi connectivity index (χ3v) is 2.92. The number of rotatable bonds is 4. The monoisotopic (exact) mass is 282 g/mol. The van der Waals surface area contributed by atoms with Gasteiger partial charge in [0, 0.05) is 23.6 Å². The quantitative estimate of drug-likeness (QED) is 0.904. The molecule has 0 aliphatic heterocycles. The van der Waals surface area contributed by atoms with E-state index in [2.05, 4.69) is 26.4 Å². The van der Waals surface area contributed by atoms with Gasteiger partial charge < -0.3 is 14.9 Å².